The monoisotopic (exact) mass is 196 g/mol. The molecule has 1 aliphatic rings. The van der Waals surface area contributed by atoms with Gasteiger partial charge in [-0.3, -0.25) is 4.79 Å². The molecule has 2 nitrogen and oxygen atoms in total. The summed E-state index contributed by atoms with van der Waals surface area (Å²) < 4.78 is 36.6. The van der Waals surface area contributed by atoms with Crippen LogP contribution >= 0.6 is 0 Å². The second-order valence-corrected chi connectivity index (χ2v) is 3.52. The third-order valence-corrected chi connectivity index (χ3v) is 2.20. The molecule has 0 bridgehead atoms. The first-order valence-corrected chi connectivity index (χ1v) is 4.18. The molecule has 0 amide bonds. The molecule has 1 aliphatic carbocycles. The quantitative estimate of drug-likeness (QED) is 0.749. The highest BCUT2D eigenvalue weighted by Crippen LogP contribution is 2.42. The Labute approximate surface area is 73.7 Å². The number of hydrogen-bond acceptors (Lipinski definition) is 1. The molecular formula is C8H11F3O2. The zero-order valence-electron chi connectivity index (χ0n) is 6.97. The molecule has 1 atom stereocenters. The second-order valence-electron chi connectivity index (χ2n) is 3.52. The van der Waals surface area contributed by atoms with Crippen LogP contribution in [-0.2, 0) is 4.79 Å². The average molecular weight is 196 g/mol. The Hall–Kier alpha value is -0.740. The molecule has 1 saturated carbocycles. The van der Waals surface area contributed by atoms with Crippen LogP contribution in [-0.4, -0.2) is 17.3 Å². The summed E-state index contributed by atoms with van der Waals surface area (Å²) in [6, 6.07) is 0. The van der Waals surface area contributed by atoms with E-state index in [1.807, 2.05) is 0 Å². The lowest BCUT2D eigenvalue weighted by Crippen LogP contribution is -2.26. The van der Waals surface area contributed by atoms with Crippen LogP contribution in [0.2, 0.25) is 0 Å². The number of carbonyl (C=O) groups is 1. The molecule has 5 heteroatoms. The largest absolute Gasteiger partial charge is 0.481 e. The van der Waals surface area contributed by atoms with Gasteiger partial charge < -0.3 is 5.11 Å². The Bertz CT molecular complexity index is 196. The highest BCUT2D eigenvalue weighted by Gasteiger charge is 2.43. The summed E-state index contributed by atoms with van der Waals surface area (Å²) in [6.07, 6.45) is -3.55. The minimum Gasteiger partial charge on any atom is -0.481 e. The third kappa shape index (κ3) is 3.65. The molecule has 1 rings (SSSR count). The zero-order valence-corrected chi connectivity index (χ0v) is 6.97. The summed E-state index contributed by atoms with van der Waals surface area (Å²) in [4.78, 5) is 10.2. The highest BCUT2D eigenvalue weighted by atomic mass is 19.4. The first-order chi connectivity index (χ1) is 5.89. The van der Waals surface area contributed by atoms with Crippen LogP contribution < -0.4 is 0 Å². The van der Waals surface area contributed by atoms with Crippen molar-refractivity contribution in [3.05, 3.63) is 0 Å². The Morgan fingerprint density at radius 1 is 1.46 bits per heavy atom. The molecule has 1 N–H and O–H groups in total. The Kier molecular flexibility index (Phi) is 2.83. The number of carboxylic acid groups (broad SMARTS) is 1. The predicted octanol–water partition coefficient (Wildman–Crippen LogP) is 2.44. The van der Waals surface area contributed by atoms with Gasteiger partial charge in [-0.15, -0.1) is 0 Å². The van der Waals surface area contributed by atoms with E-state index in [9.17, 15) is 18.0 Å². The smallest absolute Gasteiger partial charge is 0.392 e. The van der Waals surface area contributed by atoms with Gasteiger partial charge in [0.2, 0.25) is 0 Å². The maximum absolute atomic E-state index is 12.2. The molecule has 0 aromatic rings. The van der Waals surface area contributed by atoms with Gasteiger partial charge in [0, 0.05) is 0 Å². The van der Waals surface area contributed by atoms with Crippen molar-refractivity contribution < 1.29 is 23.1 Å². The summed E-state index contributed by atoms with van der Waals surface area (Å²) in [5.41, 5.74) is 0. The van der Waals surface area contributed by atoms with Crippen LogP contribution in [0.5, 0.6) is 0 Å². The van der Waals surface area contributed by atoms with Crippen LogP contribution in [0.4, 0.5) is 13.2 Å². The van der Waals surface area contributed by atoms with Crippen molar-refractivity contribution in [1.29, 1.82) is 0 Å². The second kappa shape index (κ2) is 3.55. The first kappa shape index (κ1) is 10.3. The van der Waals surface area contributed by atoms with Gasteiger partial charge in [0.1, 0.15) is 0 Å². The summed E-state index contributed by atoms with van der Waals surface area (Å²) in [5, 5.41) is 8.28. The van der Waals surface area contributed by atoms with E-state index < -0.39 is 24.5 Å². The highest BCUT2D eigenvalue weighted by molar-refractivity contribution is 5.67. The van der Waals surface area contributed by atoms with Gasteiger partial charge >= 0.3 is 12.1 Å². The fourth-order valence-corrected chi connectivity index (χ4v) is 1.30. The van der Waals surface area contributed by atoms with Crippen molar-refractivity contribution in [2.75, 3.05) is 0 Å². The van der Waals surface area contributed by atoms with Crippen LogP contribution in [0.25, 0.3) is 0 Å². The third-order valence-electron chi connectivity index (χ3n) is 2.20. The van der Waals surface area contributed by atoms with E-state index in [1.54, 1.807) is 0 Å². The molecule has 1 unspecified atom stereocenters. The molecule has 1 fully saturated rings. The standard InChI is InChI=1S/C8H11F3O2/c9-8(10,11)6(4-7(12)13)3-5-1-2-5/h5-6H,1-4H2,(H,12,13). The van der Waals surface area contributed by atoms with Gasteiger partial charge in [0.05, 0.1) is 12.3 Å². The van der Waals surface area contributed by atoms with Crippen LogP contribution in [0.1, 0.15) is 25.7 Å². The van der Waals surface area contributed by atoms with Crippen LogP contribution in [0.3, 0.4) is 0 Å². The van der Waals surface area contributed by atoms with E-state index in [0.717, 1.165) is 12.8 Å². The van der Waals surface area contributed by atoms with Crippen molar-refractivity contribution in [3.63, 3.8) is 0 Å². The molecule has 76 valence electrons. The molecular weight excluding hydrogens is 185 g/mol. The molecule has 0 saturated heterocycles. The van der Waals surface area contributed by atoms with Crippen molar-refractivity contribution >= 4 is 5.97 Å². The maximum atomic E-state index is 12.2. The van der Waals surface area contributed by atoms with E-state index >= 15 is 0 Å². The fourth-order valence-electron chi connectivity index (χ4n) is 1.30. The molecule has 0 radical (unpaired) electrons. The fraction of sp³-hybridized carbons (Fsp3) is 0.875. The van der Waals surface area contributed by atoms with Gasteiger partial charge in [0.15, 0.2) is 0 Å². The van der Waals surface area contributed by atoms with Crippen molar-refractivity contribution in [2.45, 2.75) is 31.9 Å². The first-order valence-electron chi connectivity index (χ1n) is 4.18. The van der Waals surface area contributed by atoms with Crippen molar-refractivity contribution in [2.24, 2.45) is 11.8 Å². The number of aliphatic carboxylic acids is 1. The molecule has 0 aromatic carbocycles. The maximum Gasteiger partial charge on any atom is 0.392 e. The lowest BCUT2D eigenvalue weighted by atomic mass is 9.98. The Morgan fingerprint density at radius 3 is 2.31 bits per heavy atom. The van der Waals surface area contributed by atoms with Gasteiger partial charge in [-0.05, 0) is 12.3 Å². The normalized spacial score (nSPS) is 19.9. The number of alkyl halides is 3. The van der Waals surface area contributed by atoms with E-state index in [1.165, 1.54) is 0 Å². The number of hydrogen-bond donors (Lipinski definition) is 1. The average Bonchev–Trinajstić information content (AvgIpc) is 2.66. The van der Waals surface area contributed by atoms with Crippen LogP contribution in [0.15, 0.2) is 0 Å². The topological polar surface area (TPSA) is 37.3 Å². The predicted molar refractivity (Wildman–Crippen MR) is 39.1 cm³/mol. The number of carboxylic acids is 1. The summed E-state index contributed by atoms with van der Waals surface area (Å²) in [5.74, 6) is -2.92. The van der Waals surface area contributed by atoms with E-state index in [-0.39, 0.29) is 12.3 Å². The summed E-state index contributed by atoms with van der Waals surface area (Å²) >= 11 is 0. The summed E-state index contributed by atoms with van der Waals surface area (Å²) in [7, 11) is 0. The minimum absolute atomic E-state index is 0.0181. The minimum atomic E-state index is -4.36. The van der Waals surface area contributed by atoms with Crippen molar-refractivity contribution in [1.82, 2.24) is 0 Å². The van der Waals surface area contributed by atoms with Crippen LogP contribution in [0, 0.1) is 11.8 Å². The Morgan fingerprint density at radius 2 is 2.00 bits per heavy atom. The number of halogens is 3. The lowest BCUT2D eigenvalue weighted by Gasteiger charge is -2.17. The van der Waals surface area contributed by atoms with Gasteiger partial charge in [-0.1, -0.05) is 12.8 Å². The molecule has 0 spiro atoms. The molecule has 0 aliphatic heterocycles. The van der Waals surface area contributed by atoms with E-state index in [4.69, 9.17) is 5.11 Å². The lowest BCUT2D eigenvalue weighted by molar-refractivity contribution is -0.185. The van der Waals surface area contributed by atoms with E-state index in [0.29, 0.717) is 0 Å². The van der Waals surface area contributed by atoms with Crippen molar-refractivity contribution in [3.8, 4) is 0 Å². The van der Waals surface area contributed by atoms with E-state index in [2.05, 4.69) is 0 Å². The van der Waals surface area contributed by atoms with Gasteiger partial charge in [-0.2, -0.15) is 13.2 Å². The van der Waals surface area contributed by atoms with Gasteiger partial charge in [0.25, 0.3) is 0 Å². The molecule has 0 aromatic heterocycles. The van der Waals surface area contributed by atoms with Gasteiger partial charge in [-0.25, -0.2) is 0 Å². The Balaban J connectivity index is 2.46. The summed E-state index contributed by atoms with van der Waals surface area (Å²) in [6.45, 7) is 0. The zero-order chi connectivity index (χ0) is 10.1. The SMILES string of the molecule is O=C(O)CC(CC1CC1)C(F)(F)F. The molecule has 0 heterocycles. The molecule has 13 heavy (non-hydrogen) atoms. The number of rotatable bonds is 4.